The SMILES string of the molecule is Cc1cc(Nc2nc(C(C)C)cs2)c(C#N)c(C)n1. The van der Waals surface area contributed by atoms with E-state index >= 15 is 0 Å². The molecule has 0 aliphatic heterocycles. The van der Waals surface area contributed by atoms with Crippen molar-refractivity contribution in [3.05, 3.63) is 34.1 Å². The fourth-order valence-electron chi connectivity index (χ4n) is 1.79. The number of hydrogen-bond donors (Lipinski definition) is 1. The maximum atomic E-state index is 9.21. The van der Waals surface area contributed by atoms with Gasteiger partial charge in [-0.05, 0) is 25.8 Å². The van der Waals surface area contributed by atoms with E-state index in [4.69, 9.17) is 0 Å². The van der Waals surface area contributed by atoms with E-state index in [1.54, 1.807) is 11.3 Å². The molecule has 0 radical (unpaired) electrons. The van der Waals surface area contributed by atoms with Gasteiger partial charge in [-0.25, -0.2) is 4.98 Å². The molecule has 0 fully saturated rings. The number of thiazole rings is 1. The molecule has 0 aliphatic rings. The summed E-state index contributed by atoms with van der Waals surface area (Å²) in [4.78, 5) is 8.82. The van der Waals surface area contributed by atoms with Crippen LogP contribution in [0.25, 0.3) is 0 Å². The molecule has 2 heterocycles. The van der Waals surface area contributed by atoms with Gasteiger partial charge in [0.15, 0.2) is 5.13 Å². The van der Waals surface area contributed by atoms with Crippen molar-refractivity contribution in [3.63, 3.8) is 0 Å². The minimum Gasteiger partial charge on any atom is -0.330 e. The van der Waals surface area contributed by atoms with Crippen molar-refractivity contribution in [2.75, 3.05) is 5.32 Å². The first-order valence-electron chi connectivity index (χ1n) is 6.12. The van der Waals surface area contributed by atoms with E-state index in [1.807, 2.05) is 25.3 Å². The zero-order chi connectivity index (χ0) is 14.0. The van der Waals surface area contributed by atoms with Crippen LogP contribution in [0.3, 0.4) is 0 Å². The second-order valence-electron chi connectivity index (χ2n) is 4.74. The molecule has 4 nitrogen and oxygen atoms in total. The molecule has 0 atom stereocenters. The third-order valence-corrected chi connectivity index (χ3v) is 3.57. The molecule has 2 rings (SSSR count). The zero-order valence-electron chi connectivity index (χ0n) is 11.5. The van der Waals surface area contributed by atoms with Crippen LogP contribution >= 0.6 is 11.3 Å². The van der Waals surface area contributed by atoms with Crippen molar-refractivity contribution in [2.24, 2.45) is 0 Å². The van der Waals surface area contributed by atoms with E-state index in [0.29, 0.717) is 11.5 Å². The molecule has 0 saturated carbocycles. The number of aryl methyl sites for hydroxylation is 2. The van der Waals surface area contributed by atoms with Gasteiger partial charge in [-0.3, -0.25) is 4.98 Å². The number of nitriles is 1. The molecule has 19 heavy (non-hydrogen) atoms. The van der Waals surface area contributed by atoms with Crippen molar-refractivity contribution in [3.8, 4) is 6.07 Å². The summed E-state index contributed by atoms with van der Waals surface area (Å²) in [6, 6.07) is 4.07. The predicted octanol–water partition coefficient (Wildman–Crippen LogP) is 3.89. The number of nitrogens with one attached hydrogen (secondary N) is 1. The molecule has 0 amide bonds. The second-order valence-corrected chi connectivity index (χ2v) is 5.60. The molecule has 0 aliphatic carbocycles. The highest BCUT2D eigenvalue weighted by Gasteiger charge is 2.11. The van der Waals surface area contributed by atoms with Gasteiger partial charge in [0, 0.05) is 11.1 Å². The van der Waals surface area contributed by atoms with Crippen LogP contribution in [0.1, 0.15) is 42.4 Å². The van der Waals surface area contributed by atoms with Crippen molar-refractivity contribution in [1.29, 1.82) is 5.26 Å². The molecular weight excluding hydrogens is 256 g/mol. The molecule has 0 aromatic carbocycles. The van der Waals surface area contributed by atoms with Crippen molar-refractivity contribution < 1.29 is 0 Å². The van der Waals surface area contributed by atoms with Gasteiger partial charge < -0.3 is 5.32 Å². The first-order valence-corrected chi connectivity index (χ1v) is 7.00. The topological polar surface area (TPSA) is 61.6 Å². The Morgan fingerprint density at radius 2 is 2.05 bits per heavy atom. The monoisotopic (exact) mass is 272 g/mol. The fraction of sp³-hybridized carbons (Fsp3) is 0.357. The number of nitrogens with zero attached hydrogens (tertiary/aromatic N) is 3. The number of hydrogen-bond acceptors (Lipinski definition) is 5. The van der Waals surface area contributed by atoms with Crippen LogP contribution in [-0.4, -0.2) is 9.97 Å². The van der Waals surface area contributed by atoms with Gasteiger partial charge in [-0.1, -0.05) is 13.8 Å². The Labute approximate surface area is 117 Å². The maximum Gasteiger partial charge on any atom is 0.187 e. The van der Waals surface area contributed by atoms with E-state index in [1.165, 1.54) is 0 Å². The summed E-state index contributed by atoms with van der Waals surface area (Å²) in [5.41, 5.74) is 4.04. The summed E-state index contributed by atoms with van der Waals surface area (Å²) in [5, 5.41) is 15.3. The first-order chi connectivity index (χ1) is 9.01. The normalized spacial score (nSPS) is 10.5. The maximum absolute atomic E-state index is 9.21. The van der Waals surface area contributed by atoms with Crippen molar-refractivity contribution >= 4 is 22.2 Å². The lowest BCUT2D eigenvalue weighted by molar-refractivity contribution is 0.834. The minimum absolute atomic E-state index is 0.406. The van der Waals surface area contributed by atoms with E-state index in [2.05, 4.69) is 35.2 Å². The smallest absolute Gasteiger partial charge is 0.187 e. The van der Waals surface area contributed by atoms with Crippen LogP contribution < -0.4 is 5.32 Å². The van der Waals surface area contributed by atoms with Gasteiger partial charge in [0.05, 0.1) is 22.6 Å². The molecule has 0 unspecified atom stereocenters. The standard InChI is InChI=1S/C14H16N4S/c1-8(2)13-7-19-14(18-13)17-12-5-9(3)16-10(4)11(12)6-15/h5,7-8H,1-4H3,(H,16,17,18). The first kappa shape index (κ1) is 13.5. The lowest BCUT2D eigenvalue weighted by Gasteiger charge is -2.08. The molecule has 98 valence electrons. The molecule has 2 aromatic heterocycles. The van der Waals surface area contributed by atoms with Crippen LogP contribution in [0.4, 0.5) is 10.8 Å². The summed E-state index contributed by atoms with van der Waals surface area (Å²) in [7, 11) is 0. The highest BCUT2D eigenvalue weighted by Crippen LogP contribution is 2.27. The van der Waals surface area contributed by atoms with Gasteiger partial charge in [-0.2, -0.15) is 5.26 Å². The predicted molar refractivity (Wildman–Crippen MR) is 77.9 cm³/mol. The minimum atomic E-state index is 0.406. The summed E-state index contributed by atoms with van der Waals surface area (Å²) in [6.45, 7) is 7.99. The zero-order valence-corrected chi connectivity index (χ0v) is 12.3. The van der Waals surface area contributed by atoms with E-state index < -0.39 is 0 Å². The molecular formula is C14H16N4S. The van der Waals surface area contributed by atoms with Crippen LogP contribution in [-0.2, 0) is 0 Å². The Kier molecular flexibility index (Phi) is 3.82. The molecule has 1 N–H and O–H groups in total. The van der Waals surface area contributed by atoms with Gasteiger partial charge >= 0.3 is 0 Å². The highest BCUT2D eigenvalue weighted by atomic mass is 32.1. The Morgan fingerprint density at radius 1 is 1.32 bits per heavy atom. The van der Waals surface area contributed by atoms with Crippen LogP contribution in [0.2, 0.25) is 0 Å². The molecule has 0 bridgehead atoms. The van der Waals surface area contributed by atoms with Crippen LogP contribution in [0.15, 0.2) is 11.4 Å². The number of pyridine rings is 1. The average molecular weight is 272 g/mol. The molecule has 0 saturated heterocycles. The van der Waals surface area contributed by atoms with Crippen LogP contribution in [0, 0.1) is 25.2 Å². The van der Waals surface area contributed by atoms with E-state index in [0.717, 1.165) is 27.9 Å². The number of aromatic nitrogens is 2. The number of anilines is 2. The average Bonchev–Trinajstić information content (AvgIpc) is 2.77. The fourth-order valence-corrected chi connectivity index (χ4v) is 2.68. The Morgan fingerprint density at radius 3 is 2.63 bits per heavy atom. The van der Waals surface area contributed by atoms with Crippen molar-refractivity contribution in [2.45, 2.75) is 33.6 Å². The highest BCUT2D eigenvalue weighted by molar-refractivity contribution is 7.13. The Bertz CT molecular complexity index is 637. The van der Waals surface area contributed by atoms with E-state index in [-0.39, 0.29) is 0 Å². The third kappa shape index (κ3) is 2.91. The summed E-state index contributed by atoms with van der Waals surface area (Å²) >= 11 is 1.55. The largest absolute Gasteiger partial charge is 0.330 e. The molecule has 2 aromatic rings. The van der Waals surface area contributed by atoms with Crippen molar-refractivity contribution in [1.82, 2.24) is 9.97 Å². The summed E-state index contributed by atoms with van der Waals surface area (Å²) in [5.74, 6) is 0.406. The van der Waals surface area contributed by atoms with Gasteiger partial charge in [-0.15, -0.1) is 11.3 Å². The second kappa shape index (κ2) is 5.37. The van der Waals surface area contributed by atoms with Gasteiger partial charge in [0.1, 0.15) is 6.07 Å². The molecule has 0 spiro atoms. The summed E-state index contributed by atoms with van der Waals surface area (Å²) < 4.78 is 0. The lowest BCUT2D eigenvalue weighted by atomic mass is 10.1. The Balaban J connectivity index is 2.35. The summed E-state index contributed by atoms with van der Waals surface area (Å²) in [6.07, 6.45) is 0. The third-order valence-electron chi connectivity index (χ3n) is 2.80. The van der Waals surface area contributed by atoms with Crippen LogP contribution in [0.5, 0.6) is 0 Å². The number of rotatable bonds is 3. The van der Waals surface area contributed by atoms with E-state index in [9.17, 15) is 5.26 Å². The lowest BCUT2D eigenvalue weighted by Crippen LogP contribution is -1.99. The molecule has 5 heteroatoms. The van der Waals surface area contributed by atoms with Gasteiger partial charge in [0.25, 0.3) is 0 Å². The van der Waals surface area contributed by atoms with Gasteiger partial charge in [0.2, 0.25) is 0 Å². The Hall–Kier alpha value is -1.93. The quantitative estimate of drug-likeness (QED) is 0.920.